The maximum Gasteiger partial charge on any atom is 0.255 e. The van der Waals surface area contributed by atoms with Gasteiger partial charge in [-0.15, -0.1) is 0 Å². The number of rotatable bonds is 2. The predicted octanol–water partition coefficient (Wildman–Crippen LogP) is 8.51. The molecule has 0 unspecified atom stereocenters. The first kappa shape index (κ1) is 28.7. The van der Waals surface area contributed by atoms with Crippen LogP contribution in [0.25, 0.3) is 22.4 Å². The lowest BCUT2D eigenvalue weighted by atomic mass is 9.79. The third-order valence-electron chi connectivity index (χ3n) is 7.68. The lowest BCUT2D eigenvalue weighted by Gasteiger charge is -2.26. The average molecular weight is 528 g/mol. The Kier molecular flexibility index (Phi) is 6.74. The van der Waals surface area contributed by atoms with Crippen molar-refractivity contribution in [2.75, 3.05) is 0 Å². The van der Waals surface area contributed by atoms with E-state index >= 15 is 0 Å². The highest BCUT2D eigenvalue weighted by Gasteiger charge is 2.32. The molecule has 2 N–H and O–H groups in total. The number of aromatic nitrogens is 2. The van der Waals surface area contributed by atoms with Crippen LogP contribution in [0.4, 0.5) is 0 Å². The van der Waals surface area contributed by atoms with E-state index in [0.717, 1.165) is 44.7 Å². The van der Waals surface area contributed by atoms with E-state index in [1.54, 1.807) is 0 Å². The van der Waals surface area contributed by atoms with Gasteiger partial charge in [-0.05, 0) is 57.1 Å². The van der Waals surface area contributed by atoms with Crippen LogP contribution in [0.15, 0.2) is 54.9 Å². The van der Waals surface area contributed by atoms with Gasteiger partial charge in [0.2, 0.25) is 0 Å². The summed E-state index contributed by atoms with van der Waals surface area (Å²) in [6.45, 7) is 26.0. The number of hydrogen-bond acceptors (Lipinski definition) is 2. The summed E-state index contributed by atoms with van der Waals surface area (Å²) in [7, 11) is 0. The molecule has 4 heteroatoms. The first-order valence-corrected chi connectivity index (χ1v) is 14.0. The van der Waals surface area contributed by atoms with Crippen molar-refractivity contribution >= 4 is 11.0 Å². The fraction of sp³-hybridized carbons (Fsp3) is 0.457. The Morgan fingerprint density at radius 1 is 0.590 bits per heavy atom. The van der Waals surface area contributed by atoms with Gasteiger partial charge < -0.3 is 10.2 Å². The molecule has 0 saturated heterocycles. The zero-order valence-corrected chi connectivity index (χ0v) is 26.0. The molecule has 1 aromatic heterocycles. The Labute approximate surface area is 235 Å². The molecule has 4 aromatic rings. The van der Waals surface area contributed by atoms with Gasteiger partial charge in [0.1, 0.15) is 0 Å². The molecule has 3 aromatic carbocycles. The molecule has 0 radical (unpaired) electrons. The number of imidazole rings is 1. The fourth-order valence-electron chi connectivity index (χ4n) is 5.11. The summed E-state index contributed by atoms with van der Waals surface area (Å²) < 4.78 is 4.13. The maximum absolute atomic E-state index is 11.7. The quantitative estimate of drug-likeness (QED) is 0.257. The summed E-state index contributed by atoms with van der Waals surface area (Å²) in [6.07, 6.45) is 2.01. The summed E-state index contributed by atoms with van der Waals surface area (Å²) in [6, 6.07) is 16.7. The smallest absolute Gasteiger partial charge is 0.255 e. The minimum Gasteiger partial charge on any atom is -0.504 e. The van der Waals surface area contributed by atoms with Crippen molar-refractivity contribution < 1.29 is 14.8 Å². The third kappa shape index (κ3) is 5.31. The van der Waals surface area contributed by atoms with Crippen LogP contribution < -0.4 is 4.57 Å². The van der Waals surface area contributed by atoms with Crippen molar-refractivity contribution in [2.24, 2.45) is 0 Å². The van der Waals surface area contributed by atoms with E-state index in [1.807, 2.05) is 18.5 Å². The lowest BCUT2D eigenvalue weighted by molar-refractivity contribution is -0.568. The molecular formula is C35H47N2O2+. The lowest BCUT2D eigenvalue weighted by Crippen LogP contribution is -2.31. The molecule has 0 atom stereocenters. The standard InChI is InChI=1S/C35H46N2O2/c1-32(2,3)22-17-24(34(7,8)9)30(38)28(19-22)36-21-37(27-16-14-13-15-26(27)36)29-20-23(33(4,5)6)18-25(31(29)39)35(10,11)12/h13-21H,1-12H3,(H-,38,39)/p+1. The van der Waals surface area contributed by atoms with Crippen molar-refractivity contribution in [1.29, 1.82) is 0 Å². The largest absolute Gasteiger partial charge is 0.504 e. The SMILES string of the molecule is CC(C)(C)c1cc(-n2c[n+](-c3cc(C(C)(C)C)cc(C(C)(C)C)c3O)c3ccccc32)c(O)c(C(C)(C)C)c1. The number of nitrogens with zero attached hydrogens (tertiary/aromatic N) is 2. The van der Waals surface area contributed by atoms with Gasteiger partial charge in [0.05, 0.1) is 0 Å². The molecule has 0 aliphatic carbocycles. The van der Waals surface area contributed by atoms with Gasteiger partial charge in [0.25, 0.3) is 6.33 Å². The van der Waals surface area contributed by atoms with E-state index < -0.39 is 0 Å². The molecule has 1 heterocycles. The van der Waals surface area contributed by atoms with E-state index in [-0.39, 0.29) is 33.2 Å². The molecule has 0 spiro atoms. The van der Waals surface area contributed by atoms with Crippen LogP contribution in [-0.4, -0.2) is 14.8 Å². The summed E-state index contributed by atoms with van der Waals surface area (Å²) in [5.74, 6) is 0.567. The minimum absolute atomic E-state index is 0.0949. The predicted molar refractivity (Wildman–Crippen MR) is 163 cm³/mol. The van der Waals surface area contributed by atoms with E-state index in [4.69, 9.17) is 0 Å². The number of fused-ring (bicyclic) bond motifs is 1. The number of aromatic hydroxyl groups is 2. The Morgan fingerprint density at radius 2 is 1.08 bits per heavy atom. The van der Waals surface area contributed by atoms with Crippen LogP contribution >= 0.6 is 0 Å². The van der Waals surface area contributed by atoms with E-state index in [9.17, 15) is 10.2 Å². The van der Waals surface area contributed by atoms with Gasteiger partial charge >= 0.3 is 0 Å². The van der Waals surface area contributed by atoms with Crippen LogP contribution in [0.1, 0.15) is 105 Å². The minimum atomic E-state index is -0.236. The highest BCUT2D eigenvalue weighted by molar-refractivity contribution is 5.76. The topological polar surface area (TPSA) is 49.3 Å². The molecule has 0 amide bonds. The molecule has 0 aliphatic rings. The molecule has 4 rings (SSSR count). The summed E-state index contributed by atoms with van der Waals surface area (Å²) in [5.41, 5.74) is 6.89. The maximum atomic E-state index is 11.7. The van der Waals surface area contributed by atoms with Crippen LogP contribution in [0.2, 0.25) is 0 Å². The zero-order valence-electron chi connectivity index (χ0n) is 26.0. The molecule has 208 valence electrons. The second-order valence-corrected chi connectivity index (χ2v) is 15.1. The molecule has 0 saturated carbocycles. The van der Waals surface area contributed by atoms with Crippen LogP contribution in [0.5, 0.6) is 11.5 Å². The van der Waals surface area contributed by atoms with E-state index in [1.165, 1.54) is 0 Å². The van der Waals surface area contributed by atoms with Gasteiger partial charge in [0, 0.05) is 11.1 Å². The molecule has 39 heavy (non-hydrogen) atoms. The fourth-order valence-corrected chi connectivity index (χ4v) is 5.11. The Hall–Kier alpha value is -3.27. The van der Waals surface area contributed by atoms with Crippen molar-refractivity contribution in [3.8, 4) is 22.9 Å². The second-order valence-electron chi connectivity index (χ2n) is 15.1. The van der Waals surface area contributed by atoms with Crippen molar-refractivity contribution in [3.05, 3.63) is 77.1 Å². The number of hydrogen-bond donors (Lipinski definition) is 2. The van der Waals surface area contributed by atoms with Gasteiger partial charge in [-0.3, -0.25) is 0 Å². The molecule has 0 aliphatic heterocycles. The summed E-state index contributed by atoms with van der Waals surface area (Å²) >= 11 is 0. The third-order valence-corrected chi connectivity index (χ3v) is 7.68. The number of para-hydroxylation sites is 2. The van der Waals surface area contributed by atoms with Crippen LogP contribution in [0.3, 0.4) is 0 Å². The van der Waals surface area contributed by atoms with Crippen molar-refractivity contribution in [1.82, 2.24) is 4.57 Å². The monoisotopic (exact) mass is 527 g/mol. The van der Waals surface area contributed by atoms with Crippen molar-refractivity contribution in [2.45, 2.75) is 105 Å². The van der Waals surface area contributed by atoms with E-state index in [2.05, 4.69) is 129 Å². The van der Waals surface area contributed by atoms with E-state index in [0.29, 0.717) is 0 Å². The van der Waals surface area contributed by atoms with Gasteiger partial charge in [-0.25, -0.2) is 0 Å². The van der Waals surface area contributed by atoms with Crippen molar-refractivity contribution in [3.63, 3.8) is 0 Å². The Balaban J connectivity index is 2.13. The van der Waals surface area contributed by atoms with Crippen LogP contribution in [-0.2, 0) is 21.7 Å². The highest BCUT2D eigenvalue weighted by atomic mass is 16.3. The second kappa shape index (κ2) is 9.15. The Bertz CT molecular complexity index is 1430. The molecular weight excluding hydrogens is 480 g/mol. The Morgan fingerprint density at radius 3 is 1.59 bits per heavy atom. The van der Waals surface area contributed by atoms with Gasteiger partial charge in [-0.1, -0.05) is 107 Å². The zero-order chi connectivity index (χ0) is 29.3. The van der Waals surface area contributed by atoms with Gasteiger partial charge in [-0.2, -0.15) is 9.13 Å². The number of phenolic OH excluding ortho intramolecular Hbond substituents is 2. The number of phenols is 2. The molecule has 0 fully saturated rings. The first-order valence-electron chi connectivity index (χ1n) is 14.0. The molecule has 0 bridgehead atoms. The summed E-state index contributed by atoms with van der Waals surface area (Å²) in [4.78, 5) is 0. The van der Waals surface area contributed by atoms with Gasteiger partial charge in [0.15, 0.2) is 33.9 Å². The average Bonchev–Trinajstić information content (AvgIpc) is 3.15. The highest BCUT2D eigenvalue weighted by Crippen LogP contribution is 2.41. The number of benzene rings is 3. The first-order chi connectivity index (χ1) is 17.7. The summed E-state index contributed by atoms with van der Waals surface area (Å²) in [5, 5.41) is 23.4. The normalized spacial score (nSPS) is 13.3. The molecule has 4 nitrogen and oxygen atoms in total. The van der Waals surface area contributed by atoms with Crippen LogP contribution in [0, 0.1) is 0 Å².